The molecule has 0 aromatic heterocycles. The van der Waals surface area contributed by atoms with Gasteiger partial charge in [-0.15, -0.1) is 0 Å². The topological polar surface area (TPSA) is 66.4 Å². The first-order valence-electron chi connectivity index (χ1n) is 7.65. The number of amides is 1. The van der Waals surface area contributed by atoms with Crippen LogP contribution >= 0.6 is 0 Å². The highest BCUT2D eigenvalue weighted by Crippen LogP contribution is 2.29. The molecule has 3 rings (SSSR count). The van der Waals surface area contributed by atoms with Gasteiger partial charge in [0.05, 0.1) is 0 Å². The lowest BCUT2D eigenvalue weighted by Crippen LogP contribution is -2.55. The van der Waals surface area contributed by atoms with E-state index in [4.69, 9.17) is 0 Å². The van der Waals surface area contributed by atoms with Gasteiger partial charge in [0.15, 0.2) is 0 Å². The van der Waals surface area contributed by atoms with E-state index in [-0.39, 0.29) is 5.91 Å². The summed E-state index contributed by atoms with van der Waals surface area (Å²) in [5, 5.41) is 14.4. The number of hydrogen-bond donors (Lipinski definition) is 2. The molecule has 1 aliphatic rings. The first kappa shape index (κ1) is 14.6. The van der Waals surface area contributed by atoms with Gasteiger partial charge in [0, 0.05) is 5.56 Å². The van der Waals surface area contributed by atoms with Crippen molar-refractivity contribution in [3.63, 3.8) is 0 Å². The summed E-state index contributed by atoms with van der Waals surface area (Å²) < 4.78 is 0. The maximum atomic E-state index is 12.5. The second kappa shape index (κ2) is 5.79. The van der Waals surface area contributed by atoms with Crippen molar-refractivity contribution in [2.75, 3.05) is 0 Å². The SMILES string of the molecule is O=C(NC1(C(=O)O)CCCCC1)c1ccc2ccccc2c1. The molecule has 0 bridgehead atoms. The number of carboxylic acid groups (broad SMARTS) is 1. The van der Waals surface area contributed by atoms with Gasteiger partial charge in [-0.1, -0.05) is 49.6 Å². The molecule has 1 aliphatic carbocycles. The third-order valence-electron chi connectivity index (χ3n) is 4.48. The molecule has 4 heteroatoms. The molecule has 0 unspecified atom stereocenters. The Hall–Kier alpha value is -2.36. The van der Waals surface area contributed by atoms with Crippen LogP contribution in [0.15, 0.2) is 42.5 Å². The maximum Gasteiger partial charge on any atom is 0.329 e. The summed E-state index contributed by atoms with van der Waals surface area (Å²) in [6, 6.07) is 13.2. The number of carbonyl (C=O) groups is 2. The Morgan fingerprint density at radius 2 is 1.64 bits per heavy atom. The summed E-state index contributed by atoms with van der Waals surface area (Å²) in [7, 11) is 0. The molecular formula is C18H19NO3. The van der Waals surface area contributed by atoms with Gasteiger partial charge in [-0.3, -0.25) is 4.79 Å². The lowest BCUT2D eigenvalue weighted by molar-refractivity contribution is -0.145. The van der Waals surface area contributed by atoms with Gasteiger partial charge in [-0.2, -0.15) is 0 Å². The quantitative estimate of drug-likeness (QED) is 0.913. The Labute approximate surface area is 129 Å². The molecule has 1 amide bonds. The van der Waals surface area contributed by atoms with Crippen LogP contribution in [0, 0.1) is 0 Å². The Morgan fingerprint density at radius 1 is 0.955 bits per heavy atom. The molecule has 2 N–H and O–H groups in total. The van der Waals surface area contributed by atoms with Crippen molar-refractivity contribution in [2.24, 2.45) is 0 Å². The first-order chi connectivity index (χ1) is 10.6. The molecule has 0 radical (unpaired) electrons. The molecule has 1 saturated carbocycles. The molecule has 0 aliphatic heterocycles. The van der Waals surface area contributed by atoms with Crippen molar-refractivity contribution < 1.29 is 14.7 Å². The van der Waals surface area contributed by atoms with E-state index < -0.39 is 11.5 Å². The van der Waals surface area contributed by atoms with E-state index in [2.05, 4.69) is 5.32 Å². The fourth-order valence-corrected chi connectivity index (χ4v) is 3.17. The highest BCUT2D eigenvalue weighted by atomic mass is 16.4. The minimum atomic E-state index is -1.11. The average Bonchev–Trinajstić information content (AvgIpc) is 2.55. The van der Waals surface area contributed by atoms with Crippen LogP contribution in [0.4, 0.5) is 0 Å². The highest BCUT2D eigenvalue weighted by Gasteiger charge is 2.41. The predicted molar refractivity (Wildman–Crippen MR) is 84.9 cm³/mol. The van der Waals surface area contributed by atoms with Crippen molar-refractivity contribution >= 4 is 22.6 Å². The monoisotopic (exact) mass is 297 g/mol. The number of nitrogens with one attached hydrogen (secondary N) is 1. The molecule has 114 valence electrons. The van der Waals surface area contributed by atoms with Crippen molar-refractivity contribution in [1.29, 1.82) is 0 Å². The number of hydrogen-bond acceptors (Lipinski definition) is 2. The smallest absolute Gasteiger partial charge is 0.329 e. The van der Waals surface area contributed by atoms with Crippen molar-refractivity contribution in [3.8, 4) is 0 Å². The number of benzene rings is 2. The Balaban J connectivity index is 1.86. The summed E-state index contributed by atoms with van der Waals surface area (Å²) >= 11 is 0. The number of rotatable bonds is 3. The second-order valence-electron chi connectivity index (χ2n) is 5.96. The van der Waals surface area contributed by atoms with Crippen LogP contribution in [0.2, 0.25) is 0 Å². The van der Waals surface area contributed by atoms with Crippen molar-refractivity contribution in [1.82, 2.24) is 5.32 Å². The van der Waals surface area contributed by atoms with E-state index in [0.29, 0.717) is 18.4 Å². The molecule has 2 aromatic carbocycles. The number of aliphatic carboxylic acids is 1. The zero-order chi connectivity index (χ0) is 15.6. The molecule has 0 heterocycles. The number of carboxylic acids is 1. The average molecular weight is 297 g/mol. The standard InChI is InChI=1S/C18H19NO3/c20-16(19-18(17(21)22)10-4-1-5-11-18)15-9-8-13-6-2-3-7-14(13)12-15/h2-3,6-9,12H,1,4-5,10-11H2,(H,19,20)(H,21,22). The fourth-order valence-electron chi connectivity index (χ4n) is 3.17. The molecule has 22 heavy (non-hydrogen) atoms. The molecule has 0 atom stereocenters. The fraction of sp³-hybridized carbons (Fsp3) is 0.333. The summed E-state index contributed by atoms with van der Waals surface area (Å²) in [5.74, 6) is -1.24. The van der Waals surface area contributed by atoms with Gasteiger partial charge in [-0.25, -0.2) is 4.79 Å². The molecule has 0 saturated heterocycles. The first-order valence-corrected chi connectivity index (χ1v) is 7.65. The summed E-state index contributed by atoms with van der Waals surface area (Å²) in [6.45, 7) is 0. The van der Waals surface area contributed by atoms with Crippen molar-refractivity contribution in [3.05, 3.63) is 48.0 Å². The van der Waals surface area contributed by atoms with Gasteiger partial charge in [0.1, 0.15) is 5.54 Å². The lowest BCUT2D eigenvalue weighted by Gasteiger charge is -2.34. The van der Waals surface area contributed by atoms with E-state index in [1.54, 1.807) is 6.07 Å². The van der Waals surface area contributed by atoms with Crippen LogP contribution in [-0.2, 0) is 4.79 Å². The van der Waals surface area contributed by atoms with E-state index >= 15 is 0 Å². The molecule has 0 spiro atoms. The Bertz CT molecular complexity index is 717. The van der Waals surface area contributed by atoms with Gasteiger partial charge in [0.25, 0.3) is 5.91 Å². The summed E-state index contributed by atoms with van der Waals surface area (Å²) in [5.41, 5.74) is -0.606. The molecule has 4 nitrogen and oxygen atoms in total. The van der Waals surface area contributed by atoms with Gasteiger partial charge in [-0.05, 0) is 35.7 Å². The van der Waals surface area contributed by atoms with Crippen LogP contribution in [0.25, 0.3) is 10.8 Å². The molecule has 2 aromatic rings. The van der Waals surface area contributed by atoms with E-state index in [9.17, 15) is 14.7 Å². The zero-order valence-electron chi connectivity index (χ0n) is 12.3. The second-order valence-corrected chi connectivity index (χ2v) is 5.96. The van der Waals surface area contributed by atoms with Crippen LogP contribution < -0.4 is 5.32 Å². The normalized spacial score (nSPS) is 17.1. The van der Waals surface area contributed by atoms with E-state index in [1.165, 1.54) is 0 Å². The van der Waals surface area contributed by atoms with Crippen LogP contribution in [-0.4, -0.2) is 22.5 Å². The van der Waals surface area contributed by atoms with E-state index in [0.717, 1.165) is 30.0 Å². The lowest BCUT2D eigenvalue weighted by atomic mass is 9.81. The summed E-state index contributed by atoms with van der Waals surface area (Å²) in [4.78, 5) is 24.1. The van der Waals surface area contributed by atoms with E-state index in [1.807, 2.05) is 36.4 Å². The summed E-state index contributed by atoms with van der Waals surface area (Å²) in [6.07, 6.45) is 3.71. The maximum absolute atomic E-state index is 12.5. The third-order valence-corrected chi connectivity index (χ3v) is 4.48. The minimum absolute atomic E-state index is 0.310. The van der Waals surface area contributed by atoms with Crippen molar-refractivity contribution in [2.45, 2.75) is 37.6 Å². The molecular weight excluding hydrogens is 278 g/mol. The predicted octanol–water partition coefficient (Wildman–Crippen LogP) is 3.36. The zero-order valence-corrected chi connectivity index (χ0v) is 12.3. The number of fused-ring (bicyclic) bond motifs is 1. The minimum Gasteiger partial charge on any atom is -0.480 e. The van der Waals surface area contributed by atoms with Crippen LogP contribution in [0.5, 0.6) is 0 Å². The Kier molecular flexibility index (Phi) is 3.84. The van der Waals surface area contributed by atoms with Gasteiger partial charge < -0.3 is 10.4 Å². The molecule has 1 fully saturated rings. The van der Waals surface area contributed by atoms with Crippen LogP contribution in [0.3, 0.4) is 0 Å². The number of carbonyl (C=O) groups excluding carboxylic acids is 1. The highest BCUT2D eigenvalue weighted by molar-refractivity contribution is 6.01. The third kappa shape index (κ3) is 2.69. The van der Waals surface area contributed by atoms with Crippen LogP contribution in [0.1, 0.15) is 42.5 Å². The van der Waals surface area contributed by atoms with Gasteiger partial charge in [0.2, 0.25) is 0 Å². The largest absolute Gasteiger partial charge is 0.480 e. The van der Waals surface area contributed by atoms with Gasteiger partial charge >= 0.3 is 5.97 Å². The Morgan fingerprint density at radius 3 is 2.32 bits per heavy atom.